The molecule has 7 heteroatoms. The number of carbonyl (C=O) groups is 2. The Bertz CT molecular complexity index is 952. The third-order valence-corrected chi connectivity index (χ3v) is 5.53. The van der Waals surface area contributed by atoms with Gasteiger partial charge in [-0.3, -0.25) is 4.79 Å². The van der Waals surface area contributed by atoms with Gasteiger partial charge in [0.25, 0.3) is 5.91 Å². The Morgan fingerprint density at radius 3 is 2.61 bits per heavy atom. The van der Waals surface area contributed by atoms with Gasteiger partial charge in [-0.05, 0) is 30.7 Å². The number of rotatable bonds is 6. The quantitative estimate of drug-likeness (QED) is 0.560. The van der Waals surface area contributed by atoms with Crippen LogP contribution in [0.4, 0.5) is 0 Å². The Kier molecular flexibility index (Phi) is 6.52. The molecule has 0 aromatic heterocycles. The number of amides is 1. The minimum Gasteiger partial charge on any atom is -0.454 e. The molecule has 162 valence electrons. The average molecular weight is 423 g/mol. The lowest BCUT2D eigenvalue weighted by molar-refractivity contribution is -0.917. The van der Waals surface area contributed by atoms with E-state index in [2.05, 4.69) is 12.1 Å². The SMILES string of the molecule is C[C@@H](OC(=O)/C=C/c1ccc2c(c1)OCO2)C(=O)N1CC[NH+](Cc2ccccc2)CC1. The van der Waals surface area contributed by atoms with Crippen molar-refractivity contribution in [2.75, 3.05) is 33.0 Å². The third-order valence-electron chi connectivity index (χ3n) is 5.53. The van der Waals surface area contributed by atoms with E-state index in [1.807, 2.05) is 24.3 Å². The zero-order chi connectivity index (χ0) is 21.6. The predicted molar refractivity (Wildman–Crippen MR) is 115 cm³/mol. The molecular weight excluding hydrogens is 396 g/mol. The summed E-state index contributed by atoms with van der Waals surface area (Å²) < 4.78 is 15.9. The number of nitrogens with zero attached hydrogens (tertiary/aromatic N) is 1. The van der Waals surface area contributed by atoms with Crippen LogP contribution >= 0.6 is 0 Å². The summed E-state index contributed by atoms with van der Waals surface area (Å²) in [7, 11) is 0. The van der Waals surface area contributed by atoms with Crippen molar-refractivity contribution in [3.8, 4) is 11.5 Å². The van der Waals surface area contributed by atoms with Crippen LogP contribution in [0, 0.1) is 0 Å². The molecule has 7 nitrogen and oxygen atoms in total. The second kappa shape index (κ2) is 9.66. The van der Waals surface area contributed by atoms with Crippen LogP contribution in [0.2, 0.25) is 0 Å². The summed E-state index contributed by atoms with van der Waals surface area (Å²) in [4.78, 5) is 28.1. The normalized spacial score (nSPS) is 17.0. The van der Waals surface area contributed by atoms with Gasteiger partial charge >= 0.3 is 5.97 Å². The Hall–Kier alpha value is -3.32. The van der Waals surface area contributed by atoms with Crippen molar-refractivity contribution in [3.63, 3.8) is 0 Å². The molecule has 1 atom stereocenters. The molecule has 31 heavy (non-hydrogen) atoms. The van der Waals surface area contributed by atoms with E-state index in [9.17, 15) is 9.59 Å². The van der Waals surface area contributed by atoms with Gasteiger partial charge in [-0.1, -0.05) is 36.4 Å². The summed E-state index contributed by atoms with van der Waals surface area (Å²) in [6.07, 6.45) is 2.14. The van der Waals surface area contributed by atoms with Crippen molar-refractivity contribution in [1.29, 1.82) is 0 Å². The molecular formula is C24H27N2O5+. The molecule has 1 saturated heterocycles. The van der Waals surface area contributed by atoms with Crippen LogP contribution in [-0.2, 0) is 20.9 Å². The Balaban J connectivity index is 1.23. The molecule has 0 radical (unpaired) electrons. The van der Waals surface area contributed by atoms with Gasteiger partial charge in [-0.15, -0.1) is 0 Å². The largest absolute Gasteiger partial charge is 0.454 e. The number of hydrogen-bond acceptors (Lipinski definition) is 5. The molecule has 4 rings (SSSR count). The molecule has 2 heterocycles. The highest BCUT2D eigenvalue weighted by atomic mass is 16.7. The minimum absolute atomic E-state index is 0.149. The first-order valence-electron chi connectivity index (χ1n) is 10.5. The van der Waals surface area contributed by atoms with Crippen molar-refractivity contribution >= 4 is 18.0 Å². The van der Waals surface area contributed by atoms with E-state index in [-0.39, 0.29) is 12.7 Å². The molecule has 1 N–H and O–H groups in total. The van der Waals surface area contributed by atoms with Crippen LogP contribution in [0.1, 0.15) is 18.1 Å². The number of ether oxygens (including phenoxy) is 3. The van der Waals surface area contributed by atoms with Crippen molar-refractivity contribution in [1.82, 2.24) is 4.90 Å². The molecule has 2 aromatic carbocycles. The standard InChI is InChI=1S/C24H26N2O5/c1-18(31-23(27)10-8-19-7-9-21-22(15-19)30-17-29-21)24(28)26-13-11-25(12-14-26)16-20-5-3-2-4-6-20/h2-10,15,18H,11-14,16-17H2,1H3/p+1/b10-8+/t18-/m1/s1. The monoisotopic (exact) mass is 423 g/mol. The molecule has 2 aromatic rings. The molecule has 0 saturated carbocycles. The molecule has 0 aliphatic carbocycles. The van der Waals surface area contributed by atoms with Crippen LogP contribution in [0.5, 0.6) is 11.5 Å². The van der Waals surface area contributed by atoms with E-state index in [0.29, 0.717) is 24.6 Å². The summed E-state index contributed by atoms with van der Waals surface area (Å²) in [5.74, 6) is 0.632. The highest BCUT2D eigenvalue weighted by Crippen LogP contribution is 2.32. The zero-order valence-corrected chi connectivity index (χ0v) is 17.6. The molecule has 1 amide bonds. The average Bonchev–Trinajstić information content (AvgIpc) is 3.26. The maximum Gasteiger partial charge on any atom is 0.331 e. The molecule has 0 unspecified atom stereocenters. The van der Waals surface area contributed by atoms with E-state index in [1.54, 1.807) is 30.0 Å². The van der Waals surface area contributed by atoms with E-state index in [4.69, 9.17) is 14.2 Å². The number of fused-ring (bicyclic) bond motifs is 1. The fourth-order valence-corrected chi connectivity index (χ4v) is 3.81. The van der Waals surface area contributed by atoms with Crippen molar-refractivity contribution in [2.24, 2.45) is 0 Å². The van der Waals surface area contributed by atoms with Gasteiger partial charge in [-0.2, -0.15) is 0 Å². The van der Waals surface area contributed by atoms with Crippen molar-refractivity contribution in [2.45, 2.75) is 19.6 Å². The Morgan fingerprint density at radius 2 is 1.84 bits per heavy atom. The maximum atomic E-state index is 12.7. The number of quaternary nitrogens is 1. The van der Waals surface area contributed by atoms with E-state index in [1.165, 1.54) is 16.5 Å². The minimum atomic E-state index is -0.815. The first-order chi connectivity index (χ1) is 15.1. The van der Waals surface area contributed by atoms with Crippen LogP contribution in [0.3, 0.4) is 0 Å². The highest BCUT2D eigenvalue weighted by Gasteiger charge is 2.28. The fourth-order valence-electron chi connectivity index (χ4n) is 3.81. The van der Waals surface area contributed by atoms with Gasteiger partial charge in [0, 0.05) is 11.6 Å². The van der Waals surface area contributed by atoms with Gasteiger partial charge in [0.2, 0.25) is 6.79 Å². The smallest absolute Gasteiger partial charge is 0.331 e. The van der Waals surface area contributed by atoms with Crippen molar-refractivity contribution in [3.05, 3.63) is 65.7 Å². The van der Waals surface area contributed by atoms with E-state index < -0.39 is 12.1 Å². The van der Waals surface area contributed by atoms with Gasteiger partial charge in [0.05, 0.1) is 26.2 Å². The lowest BCUT2D eigenvalue weighted by Gasteiger charge is -2.33. The second-order valence-electron chi connectivity index (χ2n) is 7.76. The third kappa shape index (κ3) is 5.44. The molecule has 1 fully saturated rings. The van der Waals surface area contributed by atoms with Gasteiger partial charge in [-0.25, -0.2) is 4.79 Å². The summed E-state index contributed by atoms with van der Waals surface area (Å²) >= 11 is 0. The second-order valence-corrected chi connectivity index (χ2v) is 7.76. The molecule has 0 bridgehead atoms. The molecule has 2 aliphatic rings. The van der Waals surface area contributed by atoms with Crippen LogP contribution < -0.4 is 14.4 Å². The lowest BCUT2D eigenvalue weighted by Crippen LogP contribution is -3.13. The van der Waals surface area contributed by atoms with Gasteiger partial charge < -0.3 is 24.0 Å². The number of nitrogens with one attached hydrogen (secondary N) is 1. The number of benzene rings is 2. The number of carbonyl (C=O) groups excluding carboxylic acids is 2. The van der Waals surface area contributed by atoms with Crippen molar-refractivity contribution < 1.29 is 28.7 Å². The van der Waals surface area contributed by atoms with E-state index >= 15 is 0 Å². The summed E-state index contributed by atoms with van der Waals surface area (Å²) in [5.41, 5.74) is 2.09. The highest BCUT2D eigenvalue weighted by molar-refractivity contribution is 5.90. The fraction of sp³-hybridized carbons (Fsp3) is 0.333. The van der Waals surface area contributed by atoms with Gasteiger partial charge in [0.1, 0.15) is 6.54 Å². The Morgan fingerprint density at radius 1 is 1.10 bits per heavy atom. The van der Waals surface area contributed by atoms with Crippen LogP contribution in [-0.4, -0.2) is 55.9 Å². The van der Waals surface area contributed by atoms with Crippen LogP contribution in [0.15, 0.2) is 54.6 Å². The van der Waals surface area contributed by atoms with Crippen LogP contribution in [0.25, 0.3) is 6.08 Å². The Labute approximate surface area is 181 Å². The number of piperazine rings is 1. The predicted octanol–water partition coefficient (Wildman–Crippen LogP) is 1.29. The number of hydrogen-bond donors (Lipinski definition) is 1. The first-order valence-corrected chi connectivity index (χ1v) is 10.5. The first kappa shape index (κ1) is 20.9. The summed E-state index contributed by atoms with van der Waals surface area (Å²) in [5, 5.41) is 0. The zero-order valence-electron chi connectivity index (χ0n) is 17.6. The summed E-state index contributed by atoms with van der Waals surface area (Å²) in [6.45, 7) is 5.87. The molecule has 2 aliphatic heterocycles. The number of esters is 1. The lowest BCUT2D eigenvalue weighted by atomic mass is 10.2. The van der Waals surface area contributed by atoms with Gasteiger partial charge in [0.15, 0.2) is 17.6 Å². The molecule has 0 spiro atoms. The topological polar surface area (TPSA) is 69.5 Å². The summed E-state index contributed by atoms with van der Waals surface area (Å²) in [6, 6.07) is 15.8. The maximum absolute atomic E-state index is 12.7. The van der Waals surface area contributed by atoms with E-state index in [0.717, 1.165) is 25.2 Å².